The average molecular weight is 182 g/mol. The van der Waals surface area contributed by atoms with Gasteiger partial charge in [-0.3, -0.25) is 0 Å². The molecule has 2 heteroatoms. The van der Waals surface area contributed by atoms with Gasteiger partial charge in [0.05, 0.1) is 6.61 Å². The predicted octanol–water partition coefficient (Wildman–Crippen LogP) is 2.23. The van der Waals surface area contributed by atoms with Gasteiger partial charge >= 0.3 is 0 Å². The molecule has 1 aliphatic heterocycles. The first-order valence-electron chi connectivity index (χ1n) is 5.26. The third-order valence-corrected chi connectivity index (χ3v) is 3.14. The number of aliphatic hydroxyl groups is 1. The first kappa shape index (κ1) is 9.07. The summed E-state index contributed by atoms with van der Waals surface area (Å²) in [6.07, 6.45) is 7.14. The number of rotatable bonds is 1. The van der Waals surface area contributed by atoms with Gasteiger partial charge in [0.2, 0.25) is 0 Å². The van der Waals surface area contributed by atoms with Gasteiger partial charge in [0, 0.05) is 6.42 Å². The van der Waals surface area contributed by atoms with Crippen LogP contribution < -0.4 is 0 Å². The van der Waals surface area contributed by atoms with Crippen LogP contribution in [0.5, 0.6) is 0 Å². The van der Waals surface area contributed by atoms with Crippen molar-refractivity contribution in [1.82, 2.24) is 0 Å². The van der Waals surface area contributed by atoms with Crippen LogP contribution in [0, 0.1) is 5.92 Å². The highest BCUT2D eigenvalue weighted by Gasteiger charge is 2.38. The molecule has 0 amide bonds. The zero-order valence-electron chi connectivity index (χ0n) is 8.25. The molecule has 1 N–H and O–H groups in total. The van der Waals surface area contributed by atoms with Gasteiger partial charge in [-0.2, -0.15) is 0 Å². The molecule has 2 rings (SSSR count). The topological polar surface area (TPSA) is 29.5 Å². The molecule has 74 valence electrons. The second-order valence-corrected chi connectivity index (χ2v) is 4.44. The van der Waals surface area contributed by atoms with Crippen LogP contribution >= 0.6 is 0 Å². The maximum atomic E-state index is 10.3. The lowest BCUT2D eigenvalue weighted by molar-refractivity contribution is -0.0236. The normalized spacial score (nSPS) is 39.8. The second kappa shape index (κ2) is 3.33. The zero-order valence-corrected chi connectivity index (χ0v) is 8.25. The first-order valence-corrected chi connectivity index (χ1v) is 5.26. The van der Waals surface area contributed by atoms with E-state index in [9.17, 15) is 5.11 Å². The molecule has 0 bridgehead atoms. The largest absolute Gasteiger partial charge is 0.495 e. The summed E-state index contributed by atoms with van der Waals surface area (Å²) in [5, 5.41) is 10.3. The summed E-state index contributed by atoms with van der Waals surface area (Å²) in [7, 11) is 0. The van der Waals surface area contributed by atoms with Crippen LogP contribution in [0.1, 0.15) is 39.0 Å². The Kier molecular flexibility index (Phi) is 2.33. The van der Waals surface area contributed by atoms with E-state index >= 15 is 0 Å². The fourth-order valence-electron chi connectivity index (χ4n) is 2.49. The van der Waals surface area contributed by atoms with Crippen LogP contribution in [0.15, 0.2) is 11.8 Å². The van der Waals surface area contributed by atoms with Gasteiger partial charge in [0.25, 0.3) is 0 Å². The van der Waals surface area contributed by atoms with E-state index in [0.717, 1.165) is 38.0 Å². The molecule has 1 heterocycles. The quantitative estimate of drug-likeness (QED) is 0.674. The fraction of sp³-hybridized carbons (Fsp3) is 0.818. The maximum Gasteiger partial charge on any atom is 0.124 e. The zero-order chi connectivity index (χ0) is 9.31. The molecule has 0 aromatic heterocycles. The molecule has 1 saturated carbocycles. The summed E-state index contributed by atoms with van der Waals surface area (Å²) in [6.45, 7) is 2.96. The molecule has 2 unspecified atom stereocenters. The van der Waals surface area contributed by atoms with Gasteiger partial charge in [-0.15, -0.1) is 0 Å². The number of hydrogen-bond donors (Lipinski definition) is 1. The van der Waals surface area contributed by atoms with Crippen LogP contribution in [0.25, 0.3) is 0 Å². The molecule has 1 aliphatic carbocycles. The van der Waals surface area contributed by atoms with Crippen LogP contribution in [0.2, 0.25) is 0 Å². The predicted molar refractivity (Wildman–Crippen MR) is 51.2 cm³/mol. The number of ether oxygens (including phenoxy) is 1. The van der Waals surface area contributed by atoms with E-state index in [0.29, 0.717) is 5.92 Å². The van der Waals surface area contributed by atoms with Crippen molar-refractivity contribution in [3.05, 3.63) is 11.8 Å². The lowest BCUT2D eigenvalue weighted by Gasteiger charge is -2.35. The van der Waals surface area contributed by atoms with Crippen molar-refractivity contribution in [1.29, 1.82) is 0 Å². The number of hydrogen-bond acceptors (Lipinski definition) is 2. The second-order valence-electron chi connectivity index (χ2n) is 4.44. The lowest BCUT2D eigenvalue weighted by Crippen LogP contribution is -2.36. The highest BCUT2D eigenvalue weighted by atomic mass is 16.5. The van der Waals surface area contributed by atoms with Crippen LogP contribution in [-0.4, -0.2) is 17.3 Å². The van der Waals surface area contributed by atoms with Crippen molar-refractivity contribution < 1.29 is 9.84 Å². The Morgan fingerprint density at radius 3 is 3.08 bits per heavy atom. The Hall–Kier alpha value is -0.500. The molecule has 2 aliphatic rings. The van der Waals surface area contributed by atoms with Gasteiger partial charge in [0.1, 0.15) is 11.4 Å². The molecule has 0 spiro atoms. The van der Waals surface area contributed by atoms with Crippen molar-refractivity contribution in [2.45, 2.75) is 44.6 Å². The summed E-state index contributed by atoms with van der Waals surface area (Å²) >= 11 is 0. The summed E-state index contributed by atoms with van der Waals surface area (Å²) in [5.41, 5.74) is -0.631. The molecule has 0 saturated heterocycles. The molecule has 0 aromatic rings. The van der Waals surface area contributed by atoms with E-state index < -0.39 is 5.60 Å². The Morgan fingerprint density at radius 1 is 1.62 bits per heavy atom. The van der Waals surface area contributed by atoms with E-state index in [2.05, 4.69) is 13.0 Å². The van der Waals surface area contributed by atoms with E-state index in [4.69, 9.17) is 4.74 Å². The fourth-order valence-corrected chi connectivity index (χ4v) is 2.49. The third kappa shape index (κ3) is 1.73. The Balaban J connectivity index is 2.09. The van der Waals surface area contributed by atoms with E-state index in [1.807, 2.05) is 0 Å². The molecule has 0 radical (unpaired) electrons. The van der Waals surface area contributed by atoms with Gasteiger partial charge < -0.3 is 9.84 Å². The van der Waals surface area contributed by atoms with Crippen molar-refractivity contribution in [2.75, 3.05) is 6.61 Å². The Bertz CT molecular complexity index is 222. The smallest absolute Gasteiger partial charge is 0.124 e. The molecule has 0 aromatic carbocycles. The maximum absolute atomic E-state index is 10.3. The van der Waals surface area contributed by atoms with Crippen LogP contribution in [-0.2, 0) is 4.74 Å². The standard InChI is InChI=1S/C11H18O2/c1-9-4-2-6-11(12,8-9)10-5-3-7-13-10/h5,9,12H,2-4,6-8H2,1H3. The van der Waals surface area contributed by atoms with Gasteiger partial charge in [-0.1, -0.05) is 13.3 Å². The molecule has 2 atom stereocenters. The molecule has 13 heavy (non-hydrogen) atoms. The van der Waals surface area contributed by atoms with Gasteiger partial charge in [0.15, 0.2) is 0 Å². The summed E-state index contributed by atoms with van der Waals surface area (Å²) in [6, 6.07) is 0. The van der Waals surface area contributed by atoms with Crippen molar-refractivity contribution >= 4 is 0 Å². The highest BCUT2D eigenvalue weighted by molar-refractivity contribution is 5.14. The minimum absolute atomic E-state index is 0.629. The minimum atomic E-state index is -0.631. The third-order valence-electron chi connectivity index (χ3n) is 3.14. The van der Waals surface area contributed by atoms with E-state index in [1.165, 1.54) is 6.42 Å². The summed E-state index contributed by atoms with van der Waals surface area (Å²) in [5.74, 6) is 1.47. The SMILES string of the molecule is CC1CCCC(O)(C2=CCCO2)C1. The Morgan fingerprint density at radius 2 is 2.46 bits per heavy atom. The highest BCUT2D eigenvalue weighted by Crippen LogP contribution is 2.39. The molecule has 2 nitrogen and oxygen atoms in total. The van der Waals surface area contributed by atoms with Crippen LogP contribution in [0.3, 0.4) is 0 Å². The van der Waals surface area contributed by atoms with Crippen molar-refractivity contribution in [3.63, 3.8) is 0 Å². The Labute approximate surface area is 79.6 Å². The molecular formula is C11H18O2. The van der Waals surface area contributed by atoms with Gasteiger partial charge in [-0.25, -0.2) is 0 Å². The lowest BCUT2D eigenvalue weighted by atomic mass is 9.78. The summed E-state index contributed by atoms with van der Waals surface area (Å²) < 4.78 is 5.45. The first-order chi connectivity index (χ1) is 6.21. The average Bonchev–Trinajstić information content (AvgIpc) is 2.55. The van der Waals surface area contributed by atoms with Crippen LogP contribution in [0.4, 0.5) is 0 Å². The van der Waals surface area contributed by atoms with Crippen molar-refractivity contribution in [3.8, 4) is 0 Å². The van der Waals surface area contributed by atoms with E-state index in [1.54, 1.807) is 0 Å². The molecule has 1 fully saturated rings. The molecular weight excluding hydrogens is 164 g/mol. The summed E-state index contributed by atoms with van der Waals surface area (Å²) in [4.78, 5) is 0. The monoisotopic (exact) mass is 182 g/mol. The van der Waals surface area contributed by atoms with E-state index in [-0.39, 0.29) is 0 Å². The minimum Gasteiger partial charge on any atom is -0.495 e. The van der Waals surface area contributed by atoms with Crippen molar-refractivity contribution in [2.24, 2.45) is 5.92 Å². The van der Waals surface area contributed by atoms with Gasteiger partial charge in [-0.05, 0) is 31.3 Å².